The first-order valence-electron chi connectivity index (χ1n) is 5.31. The fourth-order valence-electron chi connectivity index (χ4n) is 1.69. The van der Waals surface area contributed by atoms with Gasteiger partial charge < -0.3 is 9.73 Å². The van der Waals surface area contributed by atoms with Gasteiger partial charge in [0.05, 0.1) is 12.8 Å². The first kappa shape index (κ1) is 9.74. The number of nitrogens with zero attached hydrogens (tertiary/aromatic N) is 1. The van der Waals surface area contributed by atoms with Crippen LogP contribution in [-0.2, 0) is 6.54 Å². The maximum absolute atomic E-state index is 5.36. The van der Waals surface area contributed by atoms with Crippen LogP contribution in [0.1, 0.15) is 18.6 Å². The SMILES string of the molecule is CNCCN(Cc1ccco1)C1CC1. The molecule has 2 rings (SSSR count). The Bertz CT molecular complexity index is 254. The van der Waals surface area contributed by atoms with Crippen LogP contribution in [0.5, 0.6) is 0 Å². The first-order valence-corrected chi connectivity index (χ1v) is 5.31. The summed E-state index contributed by atoms with van der Waals surface area (Å²) in [5, 5.41) is 3.19. The van der Waals surface area contributed by atoms with E-state index in [-0.39, 0.29) is 0 Å². The Morgan fingerprint density at radius 1 is 1.57 bits per heavy atom. The van der Waals surface area contributed by atoms with E-state index in [1.807, 2.05) is 13.1 Å². The summed E-state index contributed by atoms with van der Waals surface area (Å²) in [5.41, 5.74) is 0. The number of hydrogen-bond acceptors (Lipinski definition) is 3. The lowest BCUT2D eigenvalue weighted by atomic mass is 10.3. The van der Waals surface area contributed by atoms with Gasteiger partial charge in [-0.15, -0.1) is 0 Å². The van der Waals surface area contributed by atoms with Gasteiger partial charge in [-0.3, -0.25) is 4.90 Å². The Hall–Kier alpha value is -0.800. The highest BCUT2D eigenvalue weighted by Crippen LogP contribution is 2.27. The third-order valence-electron chi connectivity index (χ3n) is 2.65. The molecule has 1 N–H and O–H groups in total. The average Bonchev–Trinajstić information content (AvgIpc) is 2.92. The van der Waals surface area contributed by atoms with Crippen LogP contribution in [0.15, 0.2) is 22.8 Å². The Balaban J connectivity index is 1.84. The average molecular weight is 194 g/mol. The van der Waals surface area contributed by atoms with E-state index in [0.717, 1.165) is 31.4 Å². The van der Waals surface area contributed by atoms with Gasteiger partial charge in [-0.2, -0.15) is 0 Å². The van der Waals surface area contributed by atoms with E-state index in [1.54, 1.807) is 6.26 Å². The molecule has 0 bridgehead atoms. The molecule has 0 radical (unpaired) electrons. The summed E-state index contributed by atoms with van der Waals surface area (Å²) in [4.78, 5) is 2.50. The molecule has 0 spiro atoms. The molecule has 0 aromatic carbocycles. The number of rotatable bonds is 6. The van der Waals surface area contributed by atoms with Crippen molar-refractivity contribution in [3.05, 3.63) is 24.2 Å². The molecule has 0 aliphatic heterocycles. The third-order valence-corrected chi connectivity index (χ3v) is 2.65. The van der Waals surface area contributed by atoms with Gasteiger partial charge in [-0.05, 0) is 32.0 Å². The molecule has 0 atom stereocenters. The van der Waals surface area contributed by atoms with E-state index >= 15 is 0 Å². The lowest BCUT2D eigenvalue weighted by Gasteiger charge is -2.20. The van der Waals surface area contributed by atoms with Gasteiger partial charge in [-0.1, -0.05) is 0 Å². The van der Waals surface area contributed by atoms with Crippen LogP contribution >= 0.6 is 0 Å². The highest BCUT2D eigenvalue weighted by molar-refractivity contribution is 4.99. The van der Waals surface area contributed by atoms with Gasteiger partial charge in [0.2, 0.25) is 0 Å². The van der Waals surface area contributed by atoms with Crippen molar-refractivity contribution in [3.63, 3.8) is 0 Å². The van der Waals surface area contributed by atoms with Gasteiger partial charge in [0.15, 0.2) is 0 Å². The van der Waals surface area contributed by atoms with Gasteiger partial charge in [-0.25, -0.2) is 0 Å². The van der Waals surface area contributed by atoms with Crippen molar-refractivity contribution in [2.75, 3.05) is 20.1 Å². The molecular formula is C11H18N2O. The molecule has 1 aliphatic rings. The summed E-state index contributed by atoms with van der Waals surface area (Å²) < 4.78 is 5.36. The number of hydrogen-bond donors (Lipinski definition) is 1. The first-order chi connectivity index (χ1) is 6.90. The summed E-state index contributed by atoms with van der Waals surface area (Å²) in [6.45, 7) is 3.12. The lowest BCUT2D eigenvalue weighted by molar-refractivity contribution is 0.235. The predicted octanol–water partition coefficient (Wildman–Crippen LogP) is 1.46. The topological polar surface area (TPSA) is 28.4 Å². The van der Waals surface area contributed by atoms with Crippen molar-refractivity contribution in [2.24, 2.45) is 0 Å². The van der Waals surface area contributed by atoms with Crippen molar-refractivity contribution in [2.45, 2.75) is 25.4 Å². The highest BCUT2D eigenvalue weighted by atomic mass is 16.3. The molecule has 1 heterocycles. The molecular weight excluding hydrogens is 176 g/mol. The maximum atomic E-state index is 5.36. The molecule has 0 saturated heterocycles. The van der Waals surface area contributed by atoms with E-state index in [4.69, 9.17) is 4.42 Å². The van der Waals surface area contributed by atoms with Crippen molar-refractivity contribution in [3.8, 4) is 0 Å². The number of furan rings is 1. The fourth-order valence-corrected chi connectivity index (χ4v) is 1.69. The van der Waals surface area contributed by atoms with Crippen LogP contribution in [0.25, 0.3) is 0 Å². The normalized spacial score (nSPS) is 16.4. The van der Waals surface area contributed by atoms with E-state index in [1.165, 1.54) is 12.8 Å². The van der Waals surface area contributed by atoms with E-state index in [0.29, 0.717) is 0 Å². The lowest BCUT2D eigenvalue weighted by Crippen LogP contribution is -2.32. The maximum Gasteiger partial charge on any atom is 0.117 e. The summed E-state index contributed by atoms with van der Waals surface area (Å²) in [6.07, 6.45) is 4.45. The standard InChI is InChI=1S/C11H18N2O/c1-12-6-7-13(10-4-5-10)9-11-3-2-8-14-11/h2-3,8,10,12H,4-7,9H2,1H3. The third kappa shape index (κ3) is 2.59. The largest absolute Gasteiger partial charge is 0.468 e. The molecule has 3 nitrogen and oxygen atoms in total. The number of likely N-dealkylation sites (N-methyl/N-ethyl adjacent to an activating group) is 1. The van der Waals surface area contributed by atoms with Gasteiger partial charge in [0.1, 0.15) is 5.76 Å². The molecule has 78 valence electrons. The Kier molecular flexibility index (Phi) is 3.22. The van der Waals surface area contributed by atoms with Crippen LogP contribution in [-0.4, -0.2) is 31.1 Å². The molecule has 1 aliphatic carbocycles. The minimum absolute atomic E-state index is 0.799. The van der Waals surface area contributed by atoms with Gasteiger partial charge in [0.25, 0.3) is 0 Å². The summed E-state index contributed by atoms with van der Waals surface area (Å²) in [7, 11) is 2.00. The van der Waals surface area contributed by atoms with Crippen LogP contribution in [0.2, 0.25) is 0 Å². The Labute approximate surface area is 85.1 Å². The second-order valence-electron chi connectivity index (χ2n) is 3.88. The van der Waals surface area contributed by atoms with Crippen molar-refractivity contribution in [1.29, 1.82) is 0 Å². The molecule has 0 unspecified atom stereocenters. The van der Waals surface area contributed by atoms with Crippen LogP contribution in [0.3, 0.4) is 0 Å². The Morgan fingerprint density at radius 2 is 2.43 bits per heavy atom. The molecule has 1 saturated carbocycles. The summed E-state index contributed by atoms with van der Waals surface area (Å²) >= 11 is 0. The van der Waals surface area contributed by atoms with Crippen LogP contribution in [0.4, 0.5) is 0 Å². The van der Waals surface area contributed by atoms with Crippen LogP contribution < -0.4 is 5.32 Å². The minimum Gasteiger partial charge on any atom is -0.468 e. The van der Waals surface area contributed by atoms with Crippen LogP contribution in [0, 0.1) is 0 Å². The van der Waals surface area contributed by atoms with Gasteiger partial charge in [0, 0.05) is 19.1 Å². The fraction of sp³-hybridized carbons (Fsp3) is 0.636. The molecule has 1 aromatic heterocycles. The monoisotopic (exact) mass is 194 g/mol. The van der Waals surface area contributed by atoms with Crippen molar-refractivity contribution < 1.29 is 4.42 Å². The van der Waals surface area contributed by atoms with Crippen molar-refractivity contribution in [1.82, 2.24) is 10.2 Å². The molecule has 0 amide bonds. The second kappa shape index (κ2) is 4.62. The zero-order chi connectivity index (χ0) is 9.80. The molecule has 1 aromatic rings. The number of nitrogens with one attached hydrogen (secondary N) is 1. The van der Waals surface area contributed by atoms with E-state index in [9.17, 15) is 0 Å². The smallest absolute Gasteiger partial charge is 0.117 e. The highest BCUT2D eigenvalue weighted by Gasteiger charge is 2.28. The van der Waals surface area contributed by atoms with Crippen molar-refractivity contribution >= 4 is 0 Å². The Morgan fingerprint density at radius 3 is 3.00 bits per heavy atom. The zero-order valence-electron chi connectivity index (χ0n) is 8.70. The molecule has 3 heteroatoms. The van der Waals surface area contributed by atoms with E-state index in [2.05, 4.69) is 16.3 Å². The molecule has 1 fully saturated rings. The summed E-state index contributed by atoms with van der Waals surface area (Å²) in [6, 6.07) is 4.81. The second-order valence-corrected chi connectivity index (χ2v) is 3.88. The molecule has 14 heavy (non-hydrogen) atoms. The summed E-state index contributed by atoms with van der Waals surface area (Å²) in [5.74, 6) is 1.08. The quantitative estimate of drug-likeness (QED) is 0.743. The van der Waals surface area contributed by atoms with E-state index < -0.39 is 0 Å². The minimum atomic E-state index is 0.799. The van der Waals surface area contributed by atoms with Gasteiger partial charge >= 0.3 is 0 Å². The zero-order valence-corrected chi connectivity index (χ0v) is 8.70. The predicted molar refractivity (Wildman–Crippen MR) is 56.1 cm³/mol.